The van der Waals surface area contributed by atoms with Gasteiger partial charge in [-0.2, -0.15) is 4.98 Å². The maximum absolute atomic E-state index is 4.58. The first-order valence-electron chi connectivity index (χ1n) is 5.97. The number of nitrogens with one attached hydrogen (secondary N) is 1. The molecule has 0 saturated carbocycles. The molecule has 1 aliphatic heterocycles. The van der Waals surface area contributed by atoms with Crippen molar-refractivity contribution in [1.29, 1.82) is 0 Å². The first-order chi connectivity index (χ1) is 8.17. The molecule has 0 aliphatic carbocycles. The molecule has 5 nitrogen and oxygen atoms in total. The first-order valence-corrected chi connectivity index (χ1v) is 5.97. The molecule has 0 amide bonds. The van der Waals surface area contributed by atoms with Gasteiger partial charge in [0.1, 0.15) is 0 Å². The Bertz CT molecular complexity index is 497. The van der Waals surface area contributed by atoms with Crippen molar-refractivity contribution in [1.82, 2.24) is 19.9 Å². The highest BCUT2D eigenvalue weighted by Gasteiger charge is 2.32. The molecular formula is C12H17N5. The first kappa shape index (κ1) is 10.5. The highest BCUT2D eigenvalue weighted by molar-refractivity contribution is 5.46. The second-order valence-electron chi connectivity index (χ2n) is 5.06. The van der Waals surface area contributed by atoms with E-state index in [1.807, 2.05) is 28.9 Å². The van der Waals surface area contributed by atoms with Gasteiger partial charge < -0.3 is 10.2 Å². The fourth-order valence-electron chi connectivity index (χ4n) is 2.29. The summed E-state index contributed by atoms with van der Waals surface area (Å²) in [4.78, 5) is 6.86. The number of aromatic nitrogens is 3. The fraction of sp³-hybridized carbons (Fsp3) is 0.500. The Morgan fingerprint density at radius 3 is 3.00 bits per heavy atom. The molecule has 5 heteroatoms. The van der Waals surface area contributed by atoms with Gasteiger partial charge in [0.25, 0.3) is 0 Å². The zero-order valence-corrected chi connectivity index (χ0v) is 10.2. The van der Waals surface area contributed by atoms with Gasteiger partial charge in [0.05, 0.1) is 0 Å². The third-order valence-electron chi connectivity index (χ3n) is 3.27. The molecule has 0 bridgehead atoms. The summed E-state index contributed by atoms with van der Waals surface area (Å²) in [5.74, 6) is 0.822. The van der Waals surface area contributed by atoms with Gasteiger partial charge in [0.15, 0.2) is 5.65 Å². The second kappa shape index (κ2) is 3.70. The molecule has 0 atom stereocenters. The fourth-order valence-corrected chi connectivity index (χ4v) is 2.29. The molecule has 1 saturated heterocycles. The summed E-state index contributed by atoms with van der Waals surface area (Å²) in [7, 11) is 0. The van der Waals surface area contributed by atoms with Crippen LogP contribution in [0.5, 0.6) is 0 Å². The second-order valence-corrected chi connectivity index (χ2v) is 5.06. The number of hydrogen-bond acceptors (Lipinski definition) is 4. The van der Waals surface area contributed by atoms with E-state index in [1.54, 1.807) is 0 Å². The Hall–Kier alpha value is -1.62. The van der Waals surface area contributed by atoms with Crippen molar-refractivity contribution >= 4 is 11.6 Å². The summed E-state index contributed by atoms with van der Waals surface area (Å²) in [5.41, 5.74) is 0.959. The molecule has 3 rings (SSSR count). The number of piperazine rings is 1. The molecule has 17 heavy (non-hydrogen) atoms. The van der Waals surface area contributed by atoms with E-state index in [4.69, 9.17) is 0 Å². The number of rotatable bonds is 1. The van der Waals surface area contributed by atoms with Crippen molar-refractivity contribution in [2.24, 2.45) is 0 Å². The predicted molar refractivity (Wildman–Crippen MR) is 67.3 cm³/mol. The van der Waals surface area contributed by atoms with Gasteiger partial charge in [-0.3, -0.25) is 0 Å². The van der Waals surface area contributed by atoms with E-state index in [0.29, 0.717) is 0 Å². The zero-order valence-electron chi connectivity index (χ0n) is 10.2. The summed E-state index contributed by atoms with van der Waals surface area (Å²) in [6.07, 6.45) is 1.93. The van der Waals surface area contributed by atoms with E-state index < -0.39 is 0 Å². The molecule has 0 unspecified atom stereocenters. The third-order valence-corrected chi connectivity index (χ3v) is 3.27. The Kier molecular flexibility index (Phi) is 2.29. The smallest absolute Gasteiger partial charge is 0.246 e. The van der Waals surface area contributed by atoms with Crippen LogP contribution in [0, 0.1) is 0 Å². The molecule has 2 aromatic heterocycles. The van der Waals surface area contributed by atoms with Crippen molar-refractivity contribution in [3.63, 3.8) is 0 Å². The lowest BCUT2D eigenvalue weighted by Gasteiger charge is -2.42. The molecular weight excluding hydrogens is 214 g/mol. The van der Waals surface area contributed by atoms with Crippen LogP contribution in [0.2, 0.25) is 0 Å². The number of pyridine rings is 1. The summed E-state index contributed by atoms with van der Waals surface area (Å²) in [5, 5.41) is 7.94. The Morgan fingerprint density at radius 2 is 2.24 bits per heavy atom. The topological polar surface area (TPSA) is 45.5 Å². The highest BCUT2D eigenvalue weighted by Crippen LogP contribution is 2.22. The van der Waals surface area contributed by atoms with Gasteiger partial charge in [0.2, 0.25) is 5.95 Å². The van der Waals surface area contributed by atoms with Crippen LogP contribution in [0.3, 0.4) is 0 Å². The lowest BCUT2D eigenvalue weighted by atomic mass is 10.0. The van der Waals surface area contributed by atoms with E-state index in [-0.39, 0.29) is 5.54 Å². The molecule has 2 aromatic rings. The number of fused-ring (bicyclic) bond motifs is 1. The average molecular weight is 231 g/mol. The highest BCUT2D eigenvalue weighted by atomic mass is 15.4. The van der Waals surface area contributed by atoms with Gasteiger partial charge in [-0.25, -0.2) is 4.52 Å². The maximum Gasteiger partial charge on any atom is 0.246 e. The van der Waals surface area contributed by atoms with Crippen molar-refractivity contribution in [3.05, 3.63) is 24.4 Å². The van der Waals surface area contributed by atoms with Gasteiger partial charge >= 0.3 is 0 Å². The number of nitrogens with zero attached hydrogens (tertiary/aromatic N) is 4. The minimum absolute atomic E-state index is 0.0587. The Labute approximate surface area is 100 Å². The largest absolute Gasteiger partial charge is 0.332 e. The zero-order chi connectivity index (χ0) is 11.9. The van der Waals surface area contributed by atoms with Crippen molar-refractivity contribution in [3.8, 4) is 0 Å². The lowest BCUT2D eigenvalue weighted by molar-refractivity contribution is 0.375. The van der Waals surface area contributed by atoms with E-state index in [1.165, 1.54) is 0 Å². The molecule has 1 fully saturated rings. The van der Waals surface area contributed by atoms with E-state index in [0.717, 1.165) is 31.2 Å². The molecule has 1 N–H and O–H groups in total. The van der Waals surface area contributed by atoms with Crippen LogP contribution in [-0.2, 0) is 0 Å². The van der Waals surface area contributed by atoms with Crippen LogP contribution in [0.15, 0.2) is 24.4 Å². The van der Waals surface area contributed by atoms with Crippen LogP contribution in [0.4, 0.5) is 5.95 Å². The van der Waals surface area contributed by atoms with Crippen LogP contribution in [0.1, 0.15) is 13.8 Å². The Balaban J connectivity index is 2.02. The van der Waals surface area contributed by atoms with Crippen LogP contribution in [0.25, 0.3) is 5.65 Å². The van der Waals surface area contributed by atoms with Gasteiger partial charge in [0, 0.05) is 31.4 Å². The summed E-state index contributed by atoms with van der Waals surface area (Å²) in [6.45, 7) is 7.32. The lowest BCUT2D eigenvalue weighted by Crippen LogP contribution is -2.58. The normalized spacial score (nSPS) is 19.8. The van der Waals surface area contributed by atoms with E-state index >= 15 is 0 Å². The van der Waals surface area contributed by atoms with Crippen LogP contribution >= 0.6 is 0 Å². The standard InChI is InChI=1S/C12H17N5/c1-12(2)9-13-6-8-16(12)11-14-10-5-3-4-7-17(10)15-11/h3-5,7,13H,6,8-9H2,1-2H3. The van der Waals surface area contributed by atoms with Gasteiger partial charge in [-0.15, -0.1) is 5.10 Å². The monoisotopic (exact) mass is 231 g/mol. The minimum Gasteiger partial charge on any atom is -0.332 e. The van der Waals surface area contributed by atoms with E-state index in [9.17, 15) is 0 Å². The summed E-state index contributed by atoms with van der Waals surface area (Å²) >= 11 is 0. The summed E-state index contributed by atoms with van der Waals surface area (Å²) in [6, 6.07) is 5.93. The van der Waals surface area contributed by atoms with Crippen molar-refractivity contribution in [2.75, 3.05) is 24.5 Å². The quantitative estimate of drug-likeness (QED) is 0.792. The van der Waals surface area contributed by atoms with Crippen molar-refractivity contribution < 1.29 is 0 Å². The third kappa shape index (κ3) is 1.76. The predicted octanol–water partition coefficient (Wildman–Crippen LogP) is 0.917. The number of anilines is 1. The summed E-state index contributed by atoms with van der Waals surface area (Å²) < 4.78 is 1.83. The molecule has 90 valence electrons. The van der Waals surface area contributed by atoms with Crippen molar-refractivity contribution in [2.45, 2.75) is 19.4 Å². The van der Waals surface area contributed by atoms with Gasteiger partial charge in [-0.05, 0) is 26.0 Å². The minimum atomic E-state index is 0.0587. The Morgan fingerprint density at radius 1 is 1.35 bits per heavy atom. The molecule has 1 aliphatic rings. The molecule has 0 spiro atoms. The SMILES string of the molecule is CC1(C)CNCCN1c1nc2ccccn2n1. The number of hydrogen-bond donors (Lipinski definition) is 1. The maximum atomic E-state index is 4.58. The van der Waals surface area contributed by atoms with Crippen LogP contribution < -0.4 is 10.2 Å². The molecule has 0 radical (unpaired) electrons. The van der Waals surface area contributed by atoms with Gasteiger partial charge in [-0.1, -0.05) is 6.07 Å². The van der Waals surface area contributed by atoms with Crippen LogP contribution in [-0.4, -0.2) is 39.8 Å². The van der Waals surface area contributed by atoms with E-state index in [2.05, 4.69) is 34.1 Å². The molecule has 0 aromatic carbocycles. The molecule has 3 heterocycles. The average Bonchev–Trinajstić information content (AvgIpc) is 2.71.